The number of rotatable bonds is 4. The number of primary sulfonamides is 1. The average molecular weight is 488 g/mol. The molecule has 0 aliphatic heterocycles. The van der Waals surface area contributed by atoms with Crippen LogP contribution in [0.1, 0.15) is 0 Å². The molecule has 0 fully saturated rings. The maximum absolute atomic E-state index is 13.2. The third-order valence-electron chi connectivity index (χ3n) is 2.67. The van der Waals surface area contributed by atoms with Crippen molar-refractivity contribution < 1.29 is 21.2 Å². The third-order valence-corrected chi connectivity index (χ3v) is 6.85. The summed E-state index contributed by atoms with van der Waals surface area (Å²) in [4.78, 5) is -0.334. The molecule has 0 radical (unpaired) electrons. The molecule has 2 aromatic rings. The van der Waals surface area contributed by atoms with Crippen LogP contribution in [0.15, 0.2) is 55.1 Å². The summed E-state index contributed by atoms with van der Waals surface area (Å²) in [5.74, 6) is -0.611. The van der Waals surface area contributed by atoms with E-state index in [0.29, 0.717) is 0 Å². The first-order chi connectivity index (χ1) is 10.5. The Labute approximate surface area is 149 Å². The number of nitrogens with two attached hydrogens (primary N) is 1. The van der Waals surface area contributed by atoms with Crippen LogP contribution in [-0.4, -0.2) is 16.8 Å². The average Bonchev–Trinajstić information content (AvgIpc) is 2.35. The van der Waals surface area contributed by atoms with Gasteiger partial charge in [-0.3, -0.25) is 4.72 Å². The van der Waals surface area contributed by atoms with Gasteiger partial charge in [-0.2, -0.15) is 0 Å². The summed E-state index contributed by atoms with van der Waals surface area (Å²) in [5.41, 5.74) is 0.125. The maximum Gasteiger partial charge on any atom is 0.264 e. The molecule has 0 saturated heterocycles. The quantitative estimate of drug-likeness (QED) is 0.691. The van der Waals surface area contributed by atoms with Gasteiger partial charge in [-0.15, -0.1) is 0 Å². The molecule has 0 aliphatic carbocycles. The lowest BCUT2D eigenvalue weighted by Gasteiger charge is -2.12. The Bertz CT molecular complexity index is 938. The van der Waals surface area contributed by atoms with Crippen LogP contribution in [0.5, 0.6) is 0 Å². The molecule has 11 heteroatoms. The molecule has 0 amide bonds. The van der Waals surface area contributed by atoms with Crippen molar-refractivity contribution in [2.24, 2.45) is 5.14 Å². The second-order valence-electron chi connectivity index (χ2n) is 4.37. The number of benzene rings is 2. The van der Waals surface area contributed by atoms with Gasteiger partial charge < -0.3 is 0 Å². The minimum absolute atomic E-state index is 0.0398. The standard InChI is InChI=1S/C12H9Br2FN2O4S2/c13-10-5-7(15)6-11(14)12(10)23(20,21)17-8-1-3-9(4-2-8)22(16,18)19/h1-6,17H,(H2,16,18,19). The monoisotopic (exact) mass is 486 g/mol. The van der Waals surface area contributed by atoms with Gasteiger partial charge in [0.25, 0.3) is 10.0 Å². The van der Waals surface area contributed by atoms with E-state index in [-0.39, 0.29) is 24.4 Å². The van der Waals surface area contributed by atoms with Crippen LogP contribution in [-0.2, 0) is 20.0 Å². The summed E-state index contributed by atoms with van der Waals surface area (Å²) in [6.45, 7) is 0. The highest BCUT2D eigenvalue weighted by molar-refractivity contribution is 9.11. The van der Waals surface area contributed by atoms with Crippen molar-refractivity contribution >= 4 is 57.6 Å². The highest BCUT2D eigenvalue weighted by Crippen LogP contribution is 2.32. The molecule has 23 heavy (non-hydrogen) atoms. The van der Waals surface area contributed by atoms with Gasteiger partial charge in [0.1, 0.15) is 10.7 Å². The number of hydrogen-bond donors (Lipinski definition) is 2. The van der Waals surface area contributed by atoms with E-state index in [4.69, 9.17) is 5.14 Å². The molecule has 3 N–H and O–H groups in total. The highest BCUT2D eigenvalue weighted by atomic mass is 79.9. The lowest BCUT2D eigenvalue weighted by atomic mass is 10.3. The molecule has 0 aliphatic rings. The molecule has 0 bridgehead atoms. The zero-order valence-corrected chi connectivity index (χ0v) is 15.9. The molecular formula is C12H9Br2FN2O4S2. The molecule has 0 heterocycles. The molecule has 0 aromatic heterocycles. The predicted octanol–water partition coefficient (Wildman–Crippen LogP) is 2.80. The van der Waals surface area contributed by atoms with Crippen molar-refractivity contribution in [1.29, 1.82) is 0 Å². The summed E-state index contributed by atoms with van der Waals surface area (Å²) >= 11 is 6.00. The summed E-state index contributed by atoms with van der Waals surface area (Å²) in [7, 11) is -7.90. The van der Waals surface area contributed by atoms with E-state index in [1.165, 1.54) is 24.3 Å². The zero-order chi connectivity index (χ0) is 17.4. The van der Waals surface area contributed by atoms with Crippen LogP contribution in [0.25, 0.3) is 0 Å². The summed E-state index contributed by atoms with van der Waals surface area (Å²) in [6.07, 6.45) is 0. The van der Waals surface area contributed by atoms with E-state index in [1.54, 1.807) is 0 Å². The van der Waals surface area contributed by atoms with E-state index < -0.39 is 25.9 Å². The summed E-state index contributed by atoms with van der Waals surface area (Å²) in [6, 6.07) is 6.88. The second kappa shape index (κ2) is 6.48. The fourth-order valence-corrected chi connectivity index (χ4v) is 5.81. The van der Waals surface area contributed by atoms with Gasteiger partial charge in [-0.25, -0.2) is 26.4 Å². The highest BCUT2D eigenvalue weighted by Gasteiger charge is 2.22. The molecular weight excluding hydrogens is 479 g/mol. The number of nitrogens with one attached hydrogen (secondary N) is 1. The van der Waals surface area contributed by atoms with E-state index in [1.807, 2.05) is 0 Å². The van der Waals surface area contributed by atoms with Crippen molar-refractivity contribution in [3.05, 3.63) is 51.2 Å². The van der Waals surface area contributed by atoms with E-state index in [2.05, 4.69) is 36.6 Å². The number of halogens is 3. The summed E-state index contributed by atoms with van der Waals surface area (Å²) in [5, 5.41) is 4.96. The minimum Gasteiger partial charge on any atom is -0.280 e. The van der Waals surface area contributed by atoms with E-state index in [9.17, 15) is 21.2 Å². The molecule has 0 atom stereocenters. The van der Waals surface area contributed by atoms with Gasteiger partial charge in [-0.05, 0) is 68.3 Å². The molecule has 0 spiro atoms. The van der Waals surface area contributed by atoms with Crippen LogP contribution < -0.4 is 9.86 Å². The lowest BCUT2D eigenvalue weighted by molar-refractivity contribution is 0.596. The van der Waals surface area contributed by atoms with E-state index >= 15 is 0 Å². The van der Waals surface area contributed by atoms with Crippen LogP contribution in [0.2, 0.25) is 0 Å². The topological polar surface area (TPSA) is 106 Å². The van der Waals surface area contributed by atoms with Crippen molar-refractivity contribution in [3.63, 3.8) is 0 Å². The van der Waals surface area contributed by atoms with Gasteiger partial charge in [-0.1, -0.05) is 0 Å². The zero-order valence-electron chi connectivity index (χ0n) is 11.1. The molecule has 2 aromatic carbocycles. The smallest absolute Gasteiger partial charge is 0.264 e. The first-order valence-electron chi connectivity index (χ1n) is 5.81. The van der Waals surface area contributed by atoms with Gasteiger partial charge >= 0.3 is 0 Å². The Morgan fingerprint density at radius 3 is 1.87 bits per heavy atom. The van der Waals surface area contributed by atoms with Crippen LogP contribution >= 0.6 is 31.9 Å². The third kappa shape index (κ3) is 4.29. The van der Waals surface area contributed by atoms with Gasteiger partial charge in [0, 0.05) is 14.6 Å². The Morgan fingerprint density at radius 1 is 0.957 bits per heavy atom. The number of anilines is 1. The largest absolute Gasteiger partial charge is 0.280 e. The molecule has 124 valence electrons. The van der Waals surface area contributed by atoms with Crippen molar-refractivity contribution in [1.82, 2.24) is 0 Å². The molecule has 0 saturated carbocycles. The normalized spacial score (nSPS) is 12.2. The molecule has 6 nitrogen and oxygen atoms in total. The first-order valence-corrected chi connectivity index (χ1v) is 10.4. The van der Waals surface area contributed by atoms with Gasteiger partial charge in [0.05, 0.1) is 4.90 Å². The van der Waals surface area contributed by atoms with Gasteiger partial charge in [0.2, 0.25) is 10.0 Å². The Hall–Kier alpha value is -1.01. The first kappa shape index (κ1) is 18.3. The molecule has 2 rings (SSSR count). The van der Waals surface area contributed by atoms with Crippen molar-refractivity contribution in [2.45, 2.75) is 9.79 Å². The Kier molecular flexibility index (Phi) is 5.16. The maximum atomic E-state index is 13.2. The van der Waals surface area contributed by atoms with Crippen LogP contribution in [0.4, 0.5) is 10.1 Å². The van der Waals surface area contributed by atoms with Crippen LogP contribution in [0.3, 0.4) is 0 Å². The second-order valence-corrected chi connectivity index (χ2v) is 9.26. The summed E-state index contributed by atoms with van der Waals surface area (Å²) < 4.78 is 62.7. The van der Waals surface area contributed by atoms with Crippen LogP contribution in [0, 0.1) is 5.82 Å². The SMILES string of the molecule is NS(=O)(=O)c1ccc(NS(=O)(=O)c2c(Br)cc(F)cc2Br)cc1. The van der Waals surface area contributed by atoms with Crippen molar-refractivity contribution in [3.8, 4) is 0 Å². The lowest BCUT2D eigenvalue weighted by Crippen LogP contribution is -2.15. The number of sulfonamides is 2. The predicted molar refractivity (Wildman–Crippen MR) is 90.4 cm³/mol. The minimum atomic E-state index is -4.03. The fourth-order valence-electron chi connectivity index (χ4n) is 1.70. The Morgan fingerprint density at radius 2 is 1.43 bits per heavy atom. The molecule has 0 unspecified atom stereocenters. The fraction of sp³-hybridized carbons (Fsp3) is 0. The number of hydrogen-bond acceptors (Lipinski definition) is 4. The van der Waals surface area contributed by atoms with Gasteiger partial charge in [0.15, 0.2) is 0 Å². The van der Waals surface area contributed by atoms with Crippen molar-refractivity contribution in [2.75, 3.05) is 4.72 Å². The van der Waals surface area contributed by atoms with E-state index in [0.717, 1.165) is 12.1 Å². The Balaban J connectivity index is 2.40.